The topological polar surface area (TPSA) is 101 Å². The van der Waals surface area contributed by atoms with Gasteiger partial charge in [0.2, 0.25) is 5.91 Å². The number of Topliss-reactive ketones (excluding diaryl/α,β-unsaturated/α-hetero) is 1. The molecule has 166 valence electrons. The molecule has 1 aliphatic rings. The van der Waals surface area contributed by atoms with Gasteiger partial charge in [-0.15, -0.1) is 0 Å². The minimum Gasteiger partial charge on any atom is -0.475 e. The highest BCUT2D eigenvalue weighted by Gasteiger charge is 2.38. The molecule has 0 fully saturated rings. The molecule has 2 atom stereocenters. The van der Waals surface area contributed by atoms with Gasteiger partial charge in [-0.2, -0.15) is 13.2 Å². The van der Waals surface area contributed by atoms with Crippen molar-refractivity contribution in [3.63, 3.8) is 0 Å². The Kier molecular flexibility index (Phi) is 9.71. The third-order valence-corrected chi connectivity index (χ3v) is 4.75. The minimum absolute atomic E-state index is 0.00638. The van der Waals surface area contributed by atoms with E-state index < -0.39 is 12.1 Å². The van der Waals surface area contributed by atoms with Gasteiger partial charge in [-0.05, 0) is 36.0 Å². The van der Waals surface area contributed by atoms with E-state index in [2.05, 4.69) is 12.1 Å². The Hall–Kier alpha value is -2.68. The number of alkyl halides is 3. The third-order valence-electron chi connectivity index (χ3n) is 4.75. The lowest BCUT2D eigenvalue weighted by molar-refractivity contribution is -0.192. The Morgan fingerprint density at radius 3 is 2.03 bits per heavy atom. The van der Waals surface area contributed by atoms with Crippen LogP contribution in [0.4, 0.5) is 13.2 Å². The molecule has 0 saturated carbocycles. The number of hydrogen-bond acceptors (Lipinski definition) is 4. The number of nitrogens with two attached hydrogens (primary N) is 1. The van der Waals surface area contributed by atoms with E-state index in [1.54, 1.807) is 6.08 Å². The van der Waals surface area contributed by atoms with Gasteiger partial charge < -0.3 is 15.7 Å². The lowest BCUT2D eigenvalue weighted by atomic mass is 9.95. The average molecular weight is 428 g/mol. The van der Waals surface area contributed by atoms with Crippen LogP contribution in [0.5, 0.6) is 0 Å². The highest BCUT2D eigenvalue weighted by atomic mass is 19.4. The second-order valence-electron chi connectivity index (χ2n) is 6.98. The van der Waals surface area contributed by atoms with Crippen LogP contribution >= 0.6 is 0 Å². The Labute approximate surface area is 173 Å². The Balaban J connectivity index is 0.000000553. The van der Waals surface area contributed by atoms with Crippen LogP contribution in [0.2, 0.25) is 0 Å². The van der Waals surface area contributed by atoms with Crippen molar-refractivity contribution in [2.24, 2.45) is 11.7 Å². The van der Waals surface area contributed by atoms with Gasteiger partial charge in [0.1, 0.15) is 5.78 Å². The van der Waals surface area contributed by atoms with Crippen molar-refractivity contribution in [3.8, 4) is 0 Å². The number of aliphatic carboxylic acids is 1. The van der Waals surface area contributed by atoms with Crippen molar-refractivity contribution in [1.29, 1.82) is 0 Å². The number of carboxylic acids is 1. The Morgan fingerprint density at radius 1 is 1.13 bits per heavy atom. The highest BCUT2D eigenvalue weighted by molar-refractivity contribution is 5.88. The number of rotatable bonds is 7. The molecule has 0 bridgehead atoms. The smallest absolute Gasteiger partial charge is 0.475 e. The summed E-state index contributed by atoms with van der Waals surface area (Å²) in [4.78, 5) is 35.0. The lowest BCUT2D eigenvalue weighted by Gasteiger charge is -2.15. The van der Waals surface area contributed by atoms with E-state index in [0.29, 0.717) is 25.9 Å². The van der Waals surface area contributed by atoms with Gasteiger partial charge in [0.15, 0.2) is 0 Å². The molecule has 0 spiro atoms. The largest absolute Gasteiger partial charge is 0.490 e. The summed E-state index contributed by atoms with van der Waals surface area (Å²) in [7, 11) is 0. The number of carboxylic acid groups (broad SMARTS) is 1. The molecule has 0 aliphatic carbocycles. The van der Waals surface area contributed by atoms with Crippen molar-refractivity contribution < 1.29 is 32.7 Å². The maximum atomic E-state index is 12.3. The van der Waals surface area contributed by atoms with E-state index in [4.69, 9.17) is 15.6 Å². The first kappa shape index (κ1) is 25.4. The van der Waals surface area contributed by atoms with E-state index in [9.17, 15) is 22.8 Å². The number of amides is 1. The fourth-order valence-electron chi connectivity index (χ4n) is 2.80. The van der Waals surface area contributed by atoms with Crippen molar-refractivity contribution in [2.45, 2.75) is 58.4 Å². The van der Waals surface area contributed by atoms with Crippen LogP contribution < -0.4 is 5.73 Å². The SMILES string of the molecule is CC[C@@H](/C=C/C(=O)N1Cc2ccccc2C1)CC(=O)[C@@H](N)CC.O=C(O)C(F)(F)F. The number of carbonyl (C=O) groups is 3. The van der Waals surface area contributed by atoms with E-state index in [0.717, 1.165) is 6.42 Å². The molecule has 0 unspecified atom stereocenters. The Bertz CT molecular complexity index is 753. The summed E-state index contributed by atoms with van der Waals surface area (Å²) in [5.41, 5.74) is 8.20. The summed E-state index contributed by atoms with van der Waals surface area (Å²) in [6.07, 6.45) is 0.294. The van der Waals surface area contributed by atoms with Crippen LogP contribution in [0.1, 0.15) is 44.2 Å². The fraction of sp³-hybridized carbons (Fsp3) is 0.476. The van der Waals surface area contributed by atoms with Crippen molar-refractivity contribution >= 4 is 17.7 Å². The highest BCUT2D eigenvalue weighted by Crippen LogP contribution is 2.22. The first-order valence-electron chi connectivity index (χ1n) is 9.61. The van der Waals surface area contributed by atoms with Gasteiger partial charge in [0.25, 0.3) is 0 Å². The molecule has 1 amide bonds. The maximum absolute atomic E-state index is 12.3. The number of hydrogen-bond donors (Lipinski definition) is 2. The summed E-state index contributed by atoms with van der Waals surface area (Å²) in [6, 6.07) is 7.73. The number of fused-ring (bicyclic) bond motifs is 1. The zero-order valence-corrected chi connectivity index (χ0v) is 17.0. The van der Waals surface area contributed by atoms with Crippen molar-refractivity contribution in [2.75, 3.05) is 0 Å². The second-order valence-corrected chi connectivity index (χ2v) is 6.98. The number of benzene rings is 1. The monoisotopic (exact) mass is 428 g/mol. The zero-order valence-electron chi connectivity index (χ0n) is 17.0. The van der Waals surface area contributed by atoms with Crippen LogP contribution in [0.25, 0.3) is 0 Å². The second kappa shape index (κ2) is 11.5. The molecular weight excluding hydrogens is 401 g/mol. The molecule has 2 rings (SSSR count). The summed E-state index contributed by atoms with van der Waals surface area (Å²) in [6.45, 7) is 5.26. The van der Waals surface area contributed by atoms with Gasteiger partial charge in [0.05, 0.1) is 6.04 Å². The van der Waals surface area contributed by atoms with E-state index in [-0.39, 0.29) is 23.7 Å². The number of allylic oxidation sites excluding steroid dienone is 1. The van der Waals surface area contributed by atoms with Crippen molar-refractivity contribution in [1.82, 2.24) is 4.90 Å². The lowest BCUT2D eigenvalue weighted by Crippen LogP contribution is -2.30. The third kappa shape index (κ3) is 7.98. The molecule has 0 saturated heterocycles. The van der Waals surface area contributed by atoms with Crippen LogP contribution in [0.15, 0.2) is 36.4 Å². The maximum Gasteiger partial charge on any atom is 0.490 e. The van der Waals surface area contributed by atoms with Gasteiger partial charge >= 0.3 is 12.1 Å². The summed E-state index contributed by atoms with van der Waals surface area (Å²) >= 11 is 0. The summed E-state index contributed by atoms with van der Waals surface area (Å²) in [5.74, 6) is -2.60. The molecule has 0 radical (unpaired) electrons. The quantitative estimate of drug-likeness (QED) is 0.648. The number of nitrogens with zero attached hydrogens (tertiary/aromatic N) is 1. The van der Waals surface area contributed by atoms with Crippen LogP contribution in [-0.2, 0) is 27.5 Å². The Morgan fingerprint density at radius 2 is 1.63 bits per heavy atom. The molecule has 3 N–H and O–H groups in total. The normalized spacial score (nSPS) is 15.2. The predicted octanol–water partition coefficient (Wildman–Crippen LogP) is 3.44. The molecule has 1 heterocycles. The molecule has 0 aromatic heterocycles. The first-order valence-corrected chi connectivity index (χ1v) is 9.61. The van der Waals surface area contributed by atoms with Crippen molar-refractivity contribution in [3.05, 3.63) is 47.5 Å². The molecule has 9 heteroatoms. The van der Waals surface area contributed by atoms with E-state index in [1.165, 1.54) is 11.1 Å². The first-order chi connectivity index (χ1) is 14.0. The van der Waals surface area contributed by atoms with Gasteiger partial charge in [-0.3, -0.25) is 9.59 Å². The summed E-state index contributed by atoms with van der Waals surface area (Å²) < 4.78 is 31.7. The molecular formula is C21H27F3N2O4. The molecule has 1 aromatic rings. The van der Waals surface area contributed by atoms with Gasteiger partial charge in [-0.25, -0.2) is 4.79 Å². The number of carbonyl (C=O) groups excluding carboxylic acids is 2. The fourth-order valence-corrected chi connectivity index (χ4v) is 2.80. The molecule has 1 aromatic carbocycles. The number of ketones is 1. The molecule has 1 aliphatic heterocycles. The molecule has 30 heavy (non-hydrogen) atoms. The minimum atomic E-state index is -5.08. The zero-order chi connectivity index (χ0) is 22.9. The standard InChI is InChI=1S/C19H26N2O2.C2HF3O2/c1-3-14(11-18(22)17(20)4-2)9-10-19(23)21-12-15-7-5-6-8-16(15)13-21;3-2(4,5)1(6)7/h5-10,14,17H,3-4,11-13,20H2,1-2H3;(H,6,7)/b10-9+;/t14-,17-;/m0./s1. The molecule has 6 nitrogen and oxygen atoms in total. The number of halogens is 3. The average Bonchev–Trinajstić information content (AvgIpc) is 3.14. The van der Waals surface area contributed by atoms with E-state index in [1.807, 2.05) is 37.0 Å². The van der Waals surface area contributed by atoms with Crippen LogP contribution in [-0.4, -0.2) is 39.9 Å². The predicted molar refractivity (Wildman–Crippen MR) is 105 cm³/mol. The van der Waals surface area contributed by atoms with Crippen LogP contribution in [0.3, 0.4) is 0 Å². The summed E-state index contributed by atoms with van der Waals surface area (Å²) in [5, 5.41) is 7.12. The van der Waals surface area contributed by atoms with Gasteiger partial charge in [-0.1, -0.05) is 44.2 Å². The van der Waals surface area contributed by atoms with Gasteiger partial charge in [0, 0.05) is 19.5 Å². The van der Waals surface area contributed by atoms with Crippen LogP contribution in [0, 0.1) is 5.92 Å². The van der Waals surface area contributed by atoms with E-state index >= 15 is 0 Å².